The highest BCUT2D eigenvalue weighted by atomic mass is 35.5. The summed E-state index contributed by atoms with van der Waals surface area (Å²) in [6, 6.07) is 14.3. The van der Waals surface area contributed by atoms with Gasteiger partial charge in [0, 0.05) is 67.8 Å². The molecule has 0 spiro atoms. The van der Waals surface area contributed by atoms with Gasteiger partial charge in [0.25, 0.3) is 11.8 Å². The minimum Gasteiger partial charge on any atom is -0.368 e. The average Bonchev–Trinajstić information content (AvgIpc) is 3.21. The molecule has 4 rings (SSSR count). The van der Waals surface area contributed by atoms with E-state index in [-0.39, 0.29) is 17.8 Å². The molecule has 1 saturated heterocycles. The molecule has 0 unspecified atom stereocenters. The Hall–Kier alpha value is -4.11. The molecule has 9 nitrogen and oxygen atoms in total. The molecular formula is C30H35ClN6O3. The van der Waals surface area contributed by atoms with E-state index < -0.39 is 0 Å². The molecule has 3 aromatic rings. The number of aromatic nitrogens is 1. The molecule has 0 bridgehead atoms. The van der Waals surface area contributed by atoms with Crippen LogP contribution in [0.5, 0.6) is 0 Å². The van der Waals surface area contributed by atoms with E-state index in [1.807, 2.05) is 43.0 Å². The Morgan fingerprint density at radius 3 is 2.45 bits per heavy atom. The Kier molecular flexibility index (Phi) is 9.96. The topological polar surface area (TPSA) is 107 Å². The van der Waals surface area contributed by atoms with Crippen LogP contribution in [0.3, 0.4) is 0 Å². The van der Waals surface area contributed by atoms with E-state index in [9.17, 15) is 14.4 Å². The lowest BCUT2D eigenvalue weighted by atomic mass is 10.1. The number of hydrogen-bond acceptors (Lipinski definition) is 5. The summed E-state index contributed by atoms with van der Waals surface area (Å²) in [5.74, 6) is -0.519. The first kappa shape index (κ1) is 28.9. The number of halogens is 1. The molecule has 0 aliphatic carbocycles. The minimum absolute atomic E-state index is 0.0728. The Labute approximate surface area is 239 Å². The fraction of sp³-hybridized carbons (Fsp3) is 0.333. The van der Waals surface area contributed by atoms with Crippen molar-refractivity contribution < 1.29 is 14.4 Å². The van der Waals surface area contributed by atoms with Gasteiger partial charge in [0.1, 0.15) is 0 Å². The van der Waals surface area contributed by atoms with Crippen LogP contribution in [-0.4, -0.2) is 67.0 Å². The van der Waals surface area contributed by atoms with Crippen LogP contribution in [0.2, 0.25) is 5.02 Å². The van der Waals surface area contributed by atoms with E-state index in [1.54, 1.807) is 36.7 Å². The molecule has 3 N–H and O–H groups in total. The number of rotatable bonds is 8. The first-order valence-electron chi connectivity index (χ1n) is 13.5. The van der Waals surface area contributed by atoms with Gasteiger partial charge in [0.2, 0.25) is 0 Å². The van der Waals surface area contributed by atoms with Gasteiger partial charge in [0.15, 0.2) is 0 Å². The van der Waals surface area contributed by atoms with Gasteiger partial charge >= 0.3 is 6.03 Å². The molecular weight excluding hydrogens is 528 g/mol. The fourth-order valence-corrected chi connectivity index (χ4v) is 4.95. The van der Waals surface area contributed by atoms with Crippen molar-refractivity contribution in [2.75, 3.05) is 49.5 Å². The van der Waals surface area contributed by atoms with E-state index in [0.717, 1.165) is 23.2 Å². The van der Waals surface area contributed by atoms with E-state index >= 15 is 0 Å². The van der Waals surface area contributed by atoms with Crippen LogP contribution in [-0.2, 0) is 6.42 Å². The maximum atomic E-state index is 13.1. The van der Waals surface area contributed by atoms with Crippen molar-refractivity contribution in [1.82, 2.24) is 20.5 Å². The second kappa shape index (κ2) is 13.8. The monoisotopic (exact) mass is 562 g/mol. The molecule has 0 saturated carbocycles. The highest BCUT2D eigenvalue weighted by Crippen LogP contribution is 2.29. The Morgan fingerprint density at radius 1 is 0.900 bits per heavy atom. The summed E-state index contributed by atoms with van der Waals surface area (Å²) < 4.78 is 0. The highest BCUT2D eigenvalue weighted by molar-refractivity contribution is 6.30. The maximum absolute atomic E-state index is 13.1. The Morgan fingerprint density at radius 2 is 1.70 bits per heavy atom. The van der Waals surface area contributed by atoms with Gasteiger partial charge < -0.3 is 25.8 Å². The second-order valence-corrected chi connectivity index (χ2v) is 10.1. The molecule has 1 aliphatic heterocycles. The smallest absolute Gasteiger partial charge is 0.317 e. The van der Waals surface area contributed by atoms with Crippen molar-refractivity contribution in [2.24, 2.45) is 0 Å². The van der Waals surface area contributed by atoms with Crippen LogP contribution in [0.15, 0.2) is 60.9 Å². The average molecular weight is 563 g/mol. The number of nitrogens with one attached hydrogen (secondary N) is 3. The molecule has 1 fully saturated rings. The summed E-state index contributed by atoms with van der Waals surface area (Å²) in [4.78, 5) is 46.5. The van der Waals surface area contributed by atoms with Crippen LogP contribution >= 0.6 is 11.6 Å². The number of urea groups is 1. The number of aryl methyl sites for hydroxylation is 1. The highest BCUT2D eigenvalue weighted by Gasteiger charge is 2.22. The third kappa shape index (κ3) is 7.51. The van der Waals surface area contributed by atoms with Crippen molar-refractivity contribution >= 4 is 40.8 Å². The Balaban J connectivity index is 1.51. The van der Waals surface area contributed by atoms with Crippen molar-refractivity contribution in [3.63, 3.8) is 0 Å². The molecule has 210 valence electrons. The number of pyridine rings is 1. The van der Waals surface area contributed by atoms with Crippen LogP contribution in [0.25, 0.3) is 0 Å². The molecule has 4 amide bonds. The van der Waals surface area contributed by atoms with E-state index in [4.69, 9.17) is 11.6 Å². The lowest BCUT2D eigenvalue weighted by molar-refractivity contribution is 0.0952. The van der Waals surface area contributed by atoms with Crippen LogP contribution in [0.4, 0.5) is 16.2 Å². The van der Waals surface area contributed by atoms with E-state index in [0.29, 0.717) is 67.5 Å². The number of benzene rings is 2. The van der Waals surface area contributed by atoms with Gasteiger partial charge in [-0.05, 0) is 80.3 Å². The van der Waals surface area contributed by atoms with Crippen LogP contribution in [0.1, 0.15) is 45.2 Å². The van der Waals surface area contributed by atoms with Gasteiger partial charge in [-0.3, -0.25) is 14.6 Å². The van der Waals surface area contributed by atoms with E-state index in [1.165, 1.54) is 0 Å². The van der Waals surface area contributed by atoms with Crippen LogP contribution < -0.4 is 20.9 Å². The first-order chi connectivity index (χ1) is 19.4. The molecule has 40 heavy (non-hydrogen) atoms. The summed E-state index contributed by atoms with van der Waals surface area (Å²) >= 11 is 6.06. The third-order valence-corrected chi connectivity index (χ3v) is 7.12. The molecule has 0 radical (unpaired) electrons. The van der Waals surface area contributed by atoms with Gasteiger partial charge in [-0.2, -0.15) is 0 Å². The number of carbonyl (C=O) groups is 3. The predicted octanol–water partition coefficient (Wildman–Crippen LogP) is 4.51. The third-order valence-electron chi connectivity index (χ3n) is 6.89. The van der Waals surface area contributed by atoms with Gasteiger partial charge in [-0.1, -0.05) is 17.7 Å². The number of nitrogens with zero attached hydrogens (tertiary/aromatic N) is 3. The van der Waals surface area contributed by atoms with Crippen molar-refractivity contribution in [3.8, 4) is 0 Å². The van der Waals surface area contributed by atoms with Crippen LogP contribution in [0, 0.1) is 6.92 Å². The van der Waals surface area contributed by atoms with Gasteiger partial charge in [0.05, 0.1) is 11.4 Å². The van der Waals surface area contributed by atoms with Crippen molar-refractivity contribution in [2.45, 2.75) is 26.7 Å². The van der Waals surface area contributed by atoms with E-state index in [2.05, 4.69) is 25.8 Å². The number of amides is 4. The molecule has 10 heteroatoms. The normalized spacial score (nSPS) is 13.4. The number of anilines is 2. The predicted molar refractivity (Wildman–Crippen MR) is 158 cm³/mol. The molecule has 0 atom stereocenters. The summed E-state index contributed by atoms with van der Waals surface area (Å²) in [7, 11) is 0. The molecule has 2 heterocycles. The number of hydrogen-bond donors (Lipinski definition) is 3. The Bertz CT molecular complexity index is 1350. The lowest BCUT2D eigenvalue weighted by Gasteiger charge is -2.26. The van der Waals surface area contributed by atoms with Crippen molar-refractivity contribution in [1.29, 1.82) is 0 Å². The quantitative estimate of drug-likeness (QED) is 0.374. The zero-order valence-corrected chi connectivity index (χ0v) is 23.6. The van der Waals surface area contributed by atoms with Gasteiger partial charge in [-0.15, -0.1) is 0 Å². The SMILES string of the molecule is CCNC(=O)N1CCCN(c2ccc(C(=O)NCCc3ccc(Cl)cc3C)cc2NC(=O)c2ccncc2)CC1. The molecule has 1 aromatic heterocycles. The van der Waals surface area contributed by atoms with Crippen molar-refractivity contribution in [3.05, 3.63) is 88.2 Å². The van der Waals surface area contributed by atoms with Gasteiger partial charge in [-0.25, -0.2) is 4.79 Å². The largest absolute Gasteiger partial charge is 0.368 e. The summed E-state index contributed by atoms with van der Waals surface area (Å²) in [6.45, 7) is 7.44. The summed E-state index contributed by atoms with van der Waals surface area (Å²) in [5, 5.41) is 9.53. The first-order valence-corrected chi connectivity index (χ1v) is 13.9. The fourth-order valence-electron chi connectivity index (χ4n) is 4.73. The zero-order chi connectivity index (χ0) is 28.5. The molecule has 2 aromatic carbocycles. The zero-order valence-electron chi connectivity index (χ0n) is 22.9. The molecule has 1 aliphatic rings. The minimum atomic E-state index is -0.293. The lowest BCUT2D eigenvalue weighted by Crippen LogP contribution is -2.42. The second-order valence-electron chi connectivity index (χ2n) is 9.66. The standard InChI is InChI=1S/C30H35ClN6O3/c1-3-33-30(40)37-16-4-15-36(17-18-37)27-8-6-24(20-26(27)35-29(39)23-9-12-32-13-10-23)28(38)34-14-11-22-5-7-25(31)19-21(22)2/h5-10,12-13,19-20H,3-4,11,14-18H2,1-2H3,(H,33,40)(H,34,38)(H,35,39). The summed E-state index contributed by atoms with van der Waals surface area (Å²) in [6.07, 6.45) is 4.58. The maximum Gasteiger partial charge on any atom is 0.317 e. The summed E-state index contributed by atoms with van der Waals surface area (Å²) in [5.41, 5.74) is 4.44. The number of carbonyl (C=O) groups excluding carboxylic acids is 3.